The van der Waals surface area contributed by atoms with Gasteiger partial charge in [-0.1, -0.05) is 6.07 Å². The van der Waals surface area contributed by atoms with Crippen molar-refractivity contribution in [3.63, 3.8) is 0 Å². The van der Waals surface area contributed by atoms with Crippen LogP contribution in [0.2, 0.25) is 0 Å². The third-order valence-corrected chi connectivity index (χ3v) is 5.10. The van der Waals surface area contributed by atoms with Gasteiger partial charge in [0.15, 0.2) is 0 Å². The van der Waals surface area contributed by atoms with Crippen LogP contribution in [0.1, 0.15) is 17.7 Å². The van der Waals surface area contributed by atoms with Crippen molar-refractivity contribution in [1.29, 1.82) is 0 Å². The Hall–Kier alpha value is -2.46. The molecule has 4 rings (SSSR count). The van der Waals surface area contributed by atoms with Crippen molar-refractivity contribution in [1.82, 2.24) is 19.9 Å². The van der Waals surface area contributed by atoms with Crippen LogP contribution in [0.5, 0.6) is 0 Å². The molecule has 4 heterocycles. The van der Waals surface area contributed by atoms with Crippen LogP contribution in [0.4, 0.5) is 24.9 Å². The van der Waals surface area contributed by atoms with Gasteiger partial charge in [0.25, 0.3) is 0 Å². The van der Waals surface area contributed by atoms with E-state index in [1.807, 2.05) is 6.07 Å². The molecule has 0 bridgehead atoms. The molecular weight excluding hydrogens is 385 g/mol. The van der Waals surface area contributed by atoms with Crippen LogP contribution in [-0.4, -0.2) is 65.3 Å². The number of nitrogens with one attached hydrogen (secondary N) is 1. The zero-order valence-electron chi connectivity index (χ0n) is 15.9. The molecule has 1 atom stereocenters. The van der Waals surface area contributed by atoms with Gasteiger partial charge in [-0.05, 0) is 24.1 Å². The number of aromatic nitrogens is 3. The van der Waals surface area contributed by atoms with E-state index in [1.54, 1.807) is 6.20 Å². The fraction of sp³-hybridized carbons (Fsp3) is 0.526. The number of nitrogens with zero attached hydrogens (tertiary/aromatic N) is 5. The highest BCUT2D eigenvalue weighted by atomic mass is 19.4. The van der Waals surface area contributed by atoms with Crippen LogP contribution >= 0.6 is 0 Å². The van der Waals surface area contributed by atoms with Gasteiger partial charge in [0, 0.05) is 51.2 Å². The van der Waals surface area contributed by atoms with E-state index in [2.05, 4.69) is 30.1 Å². The molecule has 29 heavy (non-hydrogen) atoms. The smallest absolute Gasteiger partial charge is 0.378 e. The number of halogens is 3. The molecule has 2 saturated heterocycles. The fourth-order valence-corrected chi connectivity index (χ4v) is 3.61. The Morgan fingerprint density at radius 2 is 1.93 bits per heavy atom. The molecule has 0 radical (unpaired) electrons. The van der Waals surface area contributed by atoms with Gasteiger partial charge < -0.3 is 15.0 Å². The maximum Gasteiger partial charge on any atom is 0.433 e. The molecule has 7 nitrogen and oxygen atoms in total. The highest BCUT2D eigenvalue weighted by Gasteiger charge is 2.32. The molecule has 2 aromatic rings. The Morgan fingerprint density at radius 1 is 1.10 bits per heavy atom. The maximum atomic E-state index is 12.6. The summed E-state index contributed by atoms with van der Waals surface area (Å²) >= 11 is 0. The minimum absolute atomic E-state index is 0.192. The van der Waals surface area contributed by atoms with E-state index in [1.165, 1.54) is 12.3 Å². The highest BCUT2D eigenvalue weighted by Crippen LogP contribution is 2.27. The standard InChI is InChI=1S/C19H23F3N6O/c20-19(21,22)16-2-1-14(11-24-16)12-27-6-4-15(13-27)25-18-23-5-3-17(26-18)28-7-9-29-10-8-28/h1-3,5,11,15H,4,6-10,12-13H2,(H,23,25,26). The van der Waals surface area contributed by atoms with E-state index < -0.39 is 11.9 Å². The Balaban J connectivity index is 1.31. The van der Waals surface area contributed by atoms with Gasteiger partial charge >= 0.3 is 6.18 Å². The Bertz CT molecular complexity index is 810. The topological polar surface area (TPSA) is 66.4 Å². The summed E-state index contributed by atoms with van der Waals surface area (Å²) in [6, 6.07) is 4.62. The summed E-state index contributed by atoms with van der Waals surface area (Å²) in [6.45, 7) is 5.21. The second kappa shape index (κ2) is 8.50. The summed E-state index contributed by atoms with van der Waals surface area (Å²) in [5.41, 5.74) is -0.0938. The fourth-order valence-electron chi connectivity index (χ4n) is 3.61. The maximum absolute atomic E-state index is 12.6. The van der Waals surface area contributed by atoms with E-state index in [4.69, 9.17) is 4.74 Å². The normalized spacial score (nSPS) is 20.8. The van der Waals surface area contributed by atoms with E-state index >= 15 is 0 Å². The summed E-state index contributed by atoms with van der Waals surface area (Å²) in [4.78, 5) is 16.8. The molecule has 2 fully saturated rings. The van der Waals surface area contributed by atoms with E-state index in [0.717, 1.165) is 50.0 Å². The average molecular weight is 408 g/mol. The molecule has 156 valence electrons. The summed E-state index contributed by atoms with van der Waals surface area (Å²) in [5, 5.41) is 3.38. The molecule has 2 aromatic heterocycles. The van der Waals surface area contributed by atoms with E-state index in [-0.39, 0.29) is 6.04 Å². The van der Waals surface area contributed by atoms with Crippen LogP contribution in [-0.2, 0) is 17.5 Å². The molecule has 10 heteroatoms. The predicted octanol–water partition coefficient (Wildman–Crippen LogP) is 2.41. The first-order valence-electron chi connectivity index (χ1n) is 9.64. The van der Waals surface area contributed by atoms with Gasteiger partial charge in [0.1, 0.15) is 11.5 Å². The van der Waals surface area contributed by atoms with Crippen molar-refractivity contribution in [2.24, 2.45) is 0 Å². The quantitative estimate of drug-likeness (QED) is 0.815. The zero-order valence-corrected chi connectivity index (χ0v) is 15.9. The molecule has 0 saturated carbocycles. The van der Waals surface area contributed by atoms with Crippen molar-refractivity contribution < 1.29 is 17.9 Å². The number of likely N-dealkylation sites (tertiary alicyclic amines) is 1. The lowest BCUT2D eigenvalue weighted by molar-refractivity contribution is -0.141. The third kappa shape index (κ3) is 5.13. The zero-order chi connectivity index (χ0) is 20.3. The molecule has 2 aliphatic rings. The lowest BCUT2D eigenvalue weighted by Crippen LogP contribution is -2.37. The van der Waals surface area contributed by atoms with Crippen molar-refractivity contribution >= 4 is 11.8 Å². The summed E-state index contributed by atoms with van der Waals surface area (Å²) in [7, 11) is 0. The predicted molar refractivity (Wildman–Crippen MR) is 102 cm³/mol. The first-order chi connectivity index (χ1) is 14.0. The first-order valence-corrected chi connectivity index (χ1v) is 9.64. The summed E-state index contributed by atoms with van der Waals surface area (Å²) in [6.07, 6.45) is -0.435. The molecule has 0 amide bonds. The molecule has 0 aliphatic carbocycles. The lowest BCUT2D eigenvalue weighted by Gasteiger charge is -2.28. The number of rotatable bonds is 5. The van der Waals surface area contributed by atoms with Crippen LogP contribution in [0.25, 0.3) is 0 Å². The Labute approximate surface area is 166 Å². The van der Waals surface area contributed by atoms with Gasteiger partial charge in [0.05, 0.1) is 13.2 Å². The van der Waals surface area contributed by atoms with Crippen LogP contribution in [0.15, 0.2) is 30.6 Å². The number of hydrogen-bond donors (Lipinski definition) is 1. The summed E-state index contributed by atoms with van der Waals surface area (Å²) < 4.78 is 43.3. The molecule has 2 aliphatic heterocycles. The molecular formula is C19H23F3N6O. The monoisotopic (exact) mass is 408 g/mol. The van der Waals surface area contributed by atoms with Gasteiger partial charge in [-0.25, -0.2) is 4.98 Å². The number of alkyl halides is 3. The van der Waals surface area contributed by atoms with Gasteiger partial charge in [-0.2, -0.15) is 18.2 Å². The molecule has 0 aromatic carbocycles. The van der Waals surface area contributed by atoms with Gasteiger partial charge in [-0.15, -0.1) is 0 Å². The molecule has 0 spiro atoms. The van der Waals surface area contributed by atoms with Crippen LogP contribution in [0.3, 0.4) is 0 Å². The van der Waals surface area contributed by atoms with Crippen molar-refractivity contribution in [3.8, 4) is 0 Å². The molecule has 1 unspecified atom stereocenters. The summed E-state index contributed by atoms with van der Waals surface area (Å²) in [5.74, 6) is 1.48. The van der Waals surface area contributed by atoms with Gasteiger partial charge in [0.2, 0.25) is 5.95 Å². The third-order valence-electron chi connectivity index (χ3n) is 5.10. The van der Waals surface area contributed by atoms with Crippen molar-refractivity contribution in [3.05, 3.63) is 41.9 Å². The number of ether oxygens (including phenoxy) is 1. The van der Waals surface area contributed by atoms with Crippen LogP contribution in [0, 0.1) is 0 Å². The lowest BCUT2D eigenvalue weighted by atomic mass is 10.2. The second-order valence-corrected chi connectivity index (χ2v) is 7.25. The SMILES string of the molecule is FC(F)(F)c1ccc(CN2CCC(Nc3nccc(N4CCOCC4)n3)C2)cn1. The number of hydrogen-bond acceptors (Lipinski definition) is 7. The minimum Gasteiger partial charge on any atom is -0.378 e. The van der Waals surface area contributed by atoms with E-state index in [0.29, 0.717) is 25.7 Å². The second-order valence-electron chi connectivity index (χ2n) is 7.25. The Morgan fingerprint density at radius 3 is 2.66 bits per heavy atom. The number of morpholine rings is 1. The Kier molecular flexibility index (Phi) is 5.81. The van der Waals surface area contributed by atoms with Crippen molar-refractivity contribution in [2.75, 3.05) is 49.6 Å². The number of anilines is 2. The molecule has 1 N–H and O–H groups in total. The highest BCUT2D eigenvalue weighted by molar-refractivity contribution is 5.43. The largest absolute Gasteiger partial charge is 0.433 e. The number of pyridine rings is 1. The average Bonchev–Trinajstić information content (AvgIpc) is 3.15. The minimum atomic E-state index is -4.41. The van der Waals surface area contributed by atoms with Crippen LogP contribution < -0.4 is 10.2 Å². The van der Waals surface area contributed by atoms with E-state index in [9.17, 15) is 13.2 Å². The van der Waals surface area contributed by atoms with Gasteiger partial charge in [-0.3, -0.25) is 9.88 Å². The van der Waals surface area contributed by atoms with Crippen molar-refractivity contribution in [2.45, 2.75) is 25.2 Å². The first kappa shape index (κ1) is 19.8.